The van der Waals surface area contributed by atoms with Gasteiger partial charge in [-0.2, -0.15) is 0 Å². The Balaban J connectivity index is 1.22. The predicted octanol–water partition coefficient (Wildman–Crippen LogP) is 5.15. The highest BCUT2D eigenvalue weighted by atomic mass is 19.1. The molecule has 0 fully saturated rings. The Kier molecular flexibility index (Phi) is 9.74. The van der Waals surface area contributed by atoms with Crippen LogP contribution in [0.3, 0.4) is 0 Å². The minimum Gasteiger partial charge on any atom is -0.487 e. The normalized spacial score (nSPS) is 12.5. The molecule has 2 aromatic heterocycles. The first-order valence-corrected chi connectivity index (χ1v) is 15.2. The maximum absolute atomic E-state index is 13.6. The van der Waals surface area contributed by atoms with Gasteiger partial charge in [0.2, 0.25) is 5.88 Å². The Morgan fingerprint density at radius 3 is 2.30 bits per heavy atom. The zero-order chi connectivity index (χ0) is 32.8. The molecule has 13 heteroatoms. The Morgan fingerprint density at radius 1 is 0.894 bits per heavy atom. The lowest BCUT2D eigenvalue weighted by atomic mass is 10.1. The molecule has 0 spiro atoms. The van der Waals surface area contributed by atoms with Gasteiger partial charge in [0.15, 0.2) is 11.5 Å². The molecule has 6 rings (SSSR count). The van der Waals surface area contributed by atoms with Crippen molar-refractivity contribution in [1.29, 1.82) is 0 Å². The zero-order valence-corrected chi connectivity index (χ0v) is 26.0. The molecule has 5 aromatic rings. The van der Waals surface area contributed by atoms with Crippen molar-refractivity contribution in [2.75, 3.05) is 46.0 Å². The number of amides is 1. The van der Waals surface area contributed by atoms with Crippen molar-refractivity contribution in [3.63, 3.8) is 0 Å². The molecule has 1 aliphatic heterocycles. The number of nitrogens with zero attached hydrogens (tertiary/aromatic N) is 4. The number of hydrogen-bond acceptors (Lipinski definition) is 9. The summed E-state index contributed by atoms with van der Waals surface area (Å²) in [7, 11) is 3.19. The second-order valence-electron chi connectivity index (χ2n) is 10.8. The number of nitrogens with one attached hydrogen (secondary N) is 1. The standard InChI is InChI=1S/C34H34FN5O7/c1-43-15-17-45-29-19-26-27(20-30(29)46-18-16-44-2)36-21-37-33(26)47-25-12-8-23(9-13-25)38-32(41)31-28-5-3-4-14-39(28)40(34(31)42)24-10-6-22(35)7-11-24/h6-13,19-21H,3-5,14-18H2,1-2H3,(H,38,41). The van der Waals surface area contributed by atoms with Crippen LogP contribution in [-0.2, 0) is 22.4 Å². The minimum absolute atomic E-state index is 0.0795. The summed E-state index contributed by atoms with van der Waals surface area (Å²) in [6, 6.07) is 15.9. The molecular formula is C34H34FN5O7. The van der Waals surface area contributed by atoms with Crippen molar-refractivity contribution in [1.82, 2.24) is 19.3 Å². The van der Waals surface area contributed by atoms with Crippen molar-refractivity contribution >= 4 is 22.5 Å². The first-order chi connectivity index (χ1) is 23.0. The molecule has 1 amide bonds. The number of aromatic nitrogens is 4. The van der Waals surface area contributed by atoms with Crippen LogP contribution >= 0.6 is 0 Å². The van der Waals surface area contributed by atoms with Crippen LogP contribution in [0.4, 0.5) is 10.1 Å². The highest BCUT2D eigenvalue weighted by Gasteiger charge is 2.28. The van der Waals surface area contributed by atoms with Gasteiger partial charge in [-0.05, 0) is 73.9 Å². The first kappa shape index (κ1) is 31.7. The van der Waals surface area contributed by atoms with Gasteiger partial charge in [-0.1, -0.05) is 0 Å². The molecule has 1 aliphatic rings. The van der Waals surface area contributed by atoms with E-state index in [0.29, 0.717) is 90.5 Å². The van der Waals surface area contributed by atoms with E-state index in [0.717, 1.165) is 12.8 Å². The van der Waals surface area contributed by atoms with Gasteiger partial charge in [0.25, 0.3) is 11.5 Å². The molecule has 0 aliphatic carbocycles. The molecule has 0 radical (unpaired) electrons. The fourth-order valence-electron chi connectivity index (χ4n) is 5.43. The van der Waals surface area contributed by atoms with Gasteiger partial charge >= 0.3 is 0 Å². The van der Waals surface area contributed by atoms with Gasteiger partial charge in [0, 0.05) is 32.5 Å². The molecule has 0 saturated carbocycles. The summed E-state index contributed by atoms with van der Waals surface area (Å²) in [4.78, 5) is 35.7. The van der Waals surface area contributed by atoms with E-state index in [1.165, 1.54) is 35.3 Å². The van der Waals surface area contributed by atoms with Gasteiger partial charge in [0.1, 0.15) is 36.7 Å². The number of carbonyl (C=O) groups is 1. The Hall–Kier alpha value is -5.27. The average molecular weight is 644 g/mol. The number of halogens is 1. The van der Waals surface area contributed by atoms with E-state index in [2.05, 4.69) is 15.3 Å². The summed E-state index contributed by atoms with van der Waals surface area (Å²) in [5.41, 5.74) is 1.87. The predicted molar refractivity (Wildman–Crippen MR) is 172 cm³/mol. The van der Waals surface area contributed by atoms with Gasteiger partial charge < -0.3 is 29.0 Å². The summed E-state index contributed by atoms with van der Waals surface area (Å²) < 4.78 is 44.9. The van der Waals surface area contributed by atoms with Crippen LogP contribution in [0.25, 0.3) is 16.6 Å². The number of fused-ring (bicyclic) bond motifs is 2. The Labute approximate surface area is 269 Å². The molecule has 244 valence electrons. The number of benzene rings is 3. The van der Waals surface area contributed by atoms with E-state index < -0.39 is 17.3 Å². The van der Waals surface area contributed by atoms with Gasteiger partial charge in [-0.3, -0.25) is 14.3 Å². The lowest BCUT2D eigenvalue weighted by Crippen LogP contribution is -2.26. The molecule has 1 N–H and O–H groups in total. The summed E-state index contributed by atoms with van der Waals surface area (Å²) in [6.07, 6.45) is 3.72. The van der Waals surface area contributed by atoms with Crippen molar-refractivity contribution < 1.29 is 32.9 Å². The van der Waals surface area contributed by atoms with Crippen LogP contribution in [0, 0.1) is 5.82 Å². The molecule has 3 aromatic carbocycles. The third kappa shape index (κ3) is 6.95. The van der Waals surface area contributed by atoms with Crippen LogP contribution in [0.2, 0.25) is 0 Å². The number of anilines is 1. The highest BCUT2D eigenvalue weighted by molar-refractivity contribution is 6.05. The molecule has 0 atom stereocenters. The second kappa shape index (κ2) is 14.4. The molecule has 0 saturated heterocycles. The van der Waals surface area contributed by atoms with Crippen molar-refractivity contribution in [2.45, 2.75) is 25.8 Å². The van der Waals surface area contributed by atoms with Gasteiger partial charge in [0.05, 0.1) is 35.5 Å². The molecule has 47 heavy (non-hydrogen) atoms. The van der Waals surface area contributed by atoms with Gasteiger partial charge in [-0.25, -0.2) is 19.0 Å². The summed E-state index contributed by atoms with van der Waals surface area (Å²) >= 11 is 0. The molecule has 0 unspecified atom stereocenters. The summed E-state index contributed by atoms with van der Waals surface area (Å²) in [6.45, 7) is 2.03. The first-order valence-electron chi connectivity index (χ1n) is 15.2. The fraction of sp³-hybridized carbons (Fsp3) is 0.294. The number of carbonyl (C=O) groups excluding carboxylic acids is 1. The average Bonchev–Trinajstić information content (AvgIpc) is 3.38. The largest absolute Gasteiger partial charge is 0.487 e. The smallest absolute Gasteiger partial charge is 0.284 e. The van der Waals surface area contributed by atoms with Crippen LogP contribution in [0.15, 0.2) is 71.8 Å². The number of hydrogen-bond donors (Lipinski definition) is 1. The van der Waals surface area contributed by atoms with E-state index in [-0.39, 0.29) is 5.56 Å². The maximum atomic E-state index is 13.6. The lowest BCUT2D eigenvalue weighted by Gasteiger charge is -2.19. The van der Waals surface area contributed by atoms with Crippen molar-refractivity contribution in [3.05, 3.63) is 94.4 Å². The number of rotatable bonds is 13. The third-order valence-corrected chi connectivity index (χ3v) is 7.66. The molecule has 12 nitrogen and oxygen atoms in total. The van der Waals surface area contributed by atoms with Crippen LogP contribution in [0.1, 0.15) is 28.9 Å². The number of methoxy groups -OCH3 is 2. The second-order valence-corrected chi connectivity index (χ2v) is 10.8. The minimum atomic E-state index is -0.513. The molecule has 3 heterocycles. The Morgan fingerprint density at radius 2 is 1.60 bits per heavy atom. The summed E-state index contributed by atoms with van der Waals surface area (Å²) in [5, 5.41) is 3.45. The third-order valence-electron chi connectivity index (χ3n) is 7.66. The molecular weight excluding hydrogens is 609 g/mol. The summed E-state index contributed by atoms with van der Waals surface area (Å²) in [5.74, 6) is 0.832. The van der Waals surface area contributed by atoms with Crippen LogP contribution < -0.4 is 25.1 Å². The fourth-order valence-corrected chi connectivity index (χ4v) is 5.43. The van der Waals surface area contributed by atoms with E-state index in [9.17, 15) is 14.0 Å². The van der Waals surface area contributed by atoms with Gasteiger partial charge in [-0.15, -0.1) is 0 Å². The monoisotopic (exact) mass is 643 g/mol. The van der Waals surface area contributed by atoms with E-state index >= 15 is 0 Å². The molecule has 0 bridgehead atoms. The van der Waals surface area contributed by atoms with E-state index in [4.69, 9.17) is 23.7 Å². The SMILES string of the molecule is COCCOc1cc2ncnc(Oc3ccc(NC(=O)c4c5n(n(-c6ccc(F)cc6)c4=O)CCCC5)cc3)c2cc1OCCOC. The van der Waals surface area contributed by atoms with Crippen LogP contribution in [0.5, 0.6) is 23.1 Å². The van der Waals surface area contributed by atoms with Crippen LogP contribution in [-0.4, -0.2) is 65.9 Å². The topological polar surface area (TPSA) is 128 Å². The maximum Gasteiger partial charge on any atom is 0.284 e. The van der Waals surface area contributed by atoms with E-state index in [1.54, 1.807) is 50.6 Å². The Bertz CT molecular complexity index is 1920. The highest BCUT2D eigenvalue weighted by Crippen LogP contribution is 2.36. The van der Waals surface area contributed by atoms with Crippen molar-refractivity contribution in [3.8, 4) is 28.8 Å². The van der Waals surface area contributed by atoms with Crippen molar-refractivity contribution in [2.24, 2.45) is 0 Å². The zero-order valence-electron chi connectivity index (χ0n) is 26.0. The number of ether oxygens (including phenoxy) is 5. The van der Waals surface area contributed by atoms with E-state index in [1.807, 2.05) is 4.68 Å². The lowest BCUT2D eigenvalue weighted by molar-refractivity contribution is 0.102. The quantitative estimate of drug-likeness (QED) is 0.173.